The van der Waals surface area contributed by atoms with E-state index < -0.39 is 0 Å². The van der Waals surface area contributed by atoms with E-state index in [2.05, 4.69) is 26.2 Å². The molecule has 0 atom stereocenters. The first-order chi connectivity index (χ1) is 10.2. The zero-order valence-electron chi connectivity index (χ0n) is 11.6. The second-order valence-corrected chi connectivity index (χ2v) is 6.79. The fourth-order valence-electron chi connectivity index (χ4n) is 2.57. The van der Waals surface area contributed by atoms with E-state index in [1.54, 1.807) is 11.3 Å². The second kappa shape index (κ2) is 6.15. The largest absolute Gasteiger partial charge is 0.465 e. The van der Waals surface area contributed by atoms with E-state index in [0.717, 1.165) is 34.4 Å². The van der Waals surface area contributed by atoms with Crippen LogP contribution in [0.25, 0.3) is 0 Å². The van der Waals surface area contributed by atoms with Gasteiger partial charge in [0.05, 0.1) is 12.7 Å². The highest BCUT2D eigenvalue weighted by molar-refractivity contribution is 9.10. The number of carbonyl (C=O) groups is 1. The first kappa shape index (κ1) is 14.5. The number of hydrogen-bond donors (Lipinski definition) is 1. The number of rotatable bonds is 3. The molecule has 4 nitrogen and oxygen atoms in total. The number of esters is 1. The minimum Gasteiger partial charge on any atom is -0.465 e. The van der Waals surface area contributed by atoms with Gasteiger partial charge in [0, 0.05) is 4.88 Å². The van der Waals surface area contributed by atoms with Crippen LogP contribution in [0.15, 0.2) is 22.8 Å². The Labute approximate surface area is 135 Å². The Morgan fingerprint density at radius 1 is 1.38 bits per heavy atom. The first-order valence-electron chi connectivity index (χ1n) is 6.81. The molecule has 2 aromatic rings. The number of carbonyl (C=O) groups excluding carboxylic acids is 1. The summed E-state index contributed by atoms with van der Waals surface area (Å²) in [6.45, 7) is 0. The average molecular weight is 367 g/mol. The molecule has 1 aliphatic carbocycles. The van der Waals surface area contributed by atoms with Gasteiger partial charge in [-0.25, -0.2) is 9.78 Å². The van der Waals surface area contributed by atoms with Crippen molar-refractivity contribution in [3.05, 3.63) is 38.8 Å². The molecular formula is C15H15BrN2O2S. The van der Waals surface area contributed by atoms with Crippen LogP contribution in [0.4, 0.5) is 10.8 Å². The summed E-state index contributed by atoms with van der Waals surface area (Å²) in [7, 11) is 1.43. The molecule has 2 heterocycles. The van der Waals surface area contributed by atoms with Gasteiger partial charge in [-0.05, 0) is 59.3 Å². The molecule has 0 amide bonds. The maximum atomic E-state index is 12.1. The summed E-state index contributed by atoms with van der Waals surface area (Å²) in [6, 6.07) is 5.65. The molecule has 3 rings (SSSR count). The summed E-state index contributed by atoms with van der Waals surface area (Å²) in [5.41, 5.74) is 1.83. The predicted molar refractivity (Wildman–Crippen MR) is 87.5 cm³/mol. The summed E-state index contributed by atoms with van der Waals surface area (Å²) in [4.78, 5) is 17.8. The Balaban J connectivity index is 2.01. The summed E-state index contributed by atoms with van der Waals surface area (Å²) in [5.74, 6) is 0.444. The number of halogens is 1. The SMILES string of the molecule is COC(=O)c1c(Nc2cccc(Br)n2)sc2c1CCCC2. The lowest BCUT2D eigenvalue weighted by molar-refractivity contribution is 0.0601. The summed E-state index contributed by atoms with van der Waals surface area (Å²) < 4.78 is 5.72. The van der Waals surface area contributed by atoms with E-state index in [9.17, 15) is 4.79 Å². The van der Waals surface area contributed by atoms with Gasteiger partial charge < -0.3 is 10.1 Å². The lowest BCUT2D eigenvalue weighted by atomic mass is 9.95. The number of ether oxygens (including phenoxy) is 1. The number of fused-ring (bicyclic) bond motifs is 1. The maximum Gasteiger partial charge on any atom is 0.341 e. The van der Waals surface area contributed by atoms with Gasteiger partial charge in [-0.3, -0.25) is 0 Å². The molecule has 0 unspecified atom stereocenters. The maximum absolute atomic E-state index is 12.1. The molecule has 0 saturated heterocycles. The van der Waals surface area contributed by atoms with Gasteiger partial charge in [-0.2, -0.15) is 0 Å². The first-order valence-corrected chi connectivity index (χ1v) is 8.42. The molecule has 0 bridgehead atoms. The molecule has 1 aliphatic rings. The number of nitrogens with zero attached hydrogens (tertiary/aromatic N) is 1. The van der Waals surface area contributed by atoms with Crippen LogP contribution in [0, 0.1) is 0 Å². The minimum atomic E-state index is -0.271. The highest BCUT2D eigenvalue weighted by Crippen LogP contribution is 2.39. The number of aromatic nitrogens is 1. The second-order valence-electron chi connectivity index (χ2n) is 4.88. The van der Waals surface area contributed by atoms with E-state index in [1.165, 1.54) is 18.4 Å². The van der Waals surface area contributed by atoms with Gasteiger partial charge in [0.2, 0.25) is 0 Å². The van der Waals surface area contributed by atoms with Crippen molar-refractivity contribution in [3.63, 3.8) is 0 Å². The van der Waals surface area contributed by atoms with Crippen LogP contribution in [0.5, 0.6) is 0 Å². The Morgan fingerprint density at radius 3 is 2.95 bits per heavy atom. The van der Waals surface area contributed by atoms with E-state index >= 15 is 0 Å². The van der Waals surface area contributed by atoms with Crippen molar-refractivity contribution in [2.24, 2.45) is 0 Å². The topological polar surface area (TPSA) is 51.2 Å². The summed E-state index contributed by atoms with van der Waals surface area (Å²) >= 11 is 4.99. The number of thiophene rings is 1. The van der Waals surface area contributed by atoms with E-state index in [4.69, 9.17) is 4.74 Å². The van der Waals surface area contributed by atoms with Crippen molar-refractivity contribution in [1.29, 1.82) is 0 Å². The monoisotopic (exact) mass is 366 g/mol. The van der Waals surface area contributed by atoms with Crippen LogP contribution in [0.3, 0.4) is 0 Å². The molecule has 110 valence electrons. The van der Waals surface area contributed by atoms with Crippen LogP contribution in [-0.4, -0.2) is 18.1 Å². The molecule has 0 spiro atoms. The van der Waals surface area contributed by atoms with Crippen LogP contribution in [0.2, 0.25) is 0 Å². The molecular weight excluding hydrogens is 352 g/mol. The molecule has 0 saturated carbocycles. The van der Waals surface area contributed by atoms with Gasteiger partial charge in [-0.1, -0.05) is 6.07 Å². The normalized spacial score (nSPS) is 13.6. The third kappa shape index (κ3) is 2.96. The van der Waals surface area contributed by atoms with Gasteiger partial charge in [0.1, 0.15) is 15.4 Å². The van der Waals surface area contributed by atoms with Crippen molar-refractivity contribution in [3.8, 4) is 0 Å². The van der Waals surface area contributed by atoms with Crippen molar-refractivity contribution in [1.82, 2.24) is 4.98 Å². The van der Waals surface area contributed by atoms with Crippen molar-refractivity contribution < 1.29 is 9.53 Å². The molecule has 0 fully saturated rings. The number of aryl methyl sites for hydroxylation is 1. The molecule has 6 heteroatoms. The van der Waals surface area contributed by atoms with Crippen LogP contribution in [-0.2, 0) is 17.6 Å². The van der Waals surface area contributed by atoms with Crippen molar-refractivity contribution >= 4 is 44.1 Å². The summed E-state index contributed by atoms with van der Waals surface area (Å²) in [5, 5.41) is 4.10. The molecule has 21 heavy (non-hydrogen) atoms. The highest BCUT2D eigenvalue weighted by Gasteiger charge is 2.26. The lowest BCUT2D eigenvalue weighted by Crippen LogP contribution is -2.09. The van der Waals surface area contributed by atoms with Gasteiger partial charge in [0.15, 0.2) is 0 Å². The van der Waals surface area contributed by atoms with Crippen molar-refractivity contribution in [2.75, 3.05) is 12.4 Å². The Kier molecular flexibility index (Phi) is 4.26. The van der Waals surface area contributed by atoms with Gasteiger partial charge in [0.25, 0.3) is 0 Å². The zero-order valence-corrected chi connectivity index (χ0v) is 14.0. The Morgan fingerprint density at radius 2 is 2.19 bits per heavy atom. The fraction of sp³-hybridized carbons (Fsp3) is 0.333. The standard InChI is InChI=1S/C15H15BrN2O2S/c1-20-15(19)13-9-5-2-3-6-10(9)21-14(13)18-12-8-4-7-11(16)17-12/h4,7-8H,2-3,5-6H2,1H3,(H,17,18). The third-order valence-corrected chi connectivity index (χ3v) is 5.17. The van der Waals surface area contributed by atoms with Gasteiger partial charge >= 0.3 is 5.97 Å². The number of anilines is 2. The summed E-state index contributed by atoms with van der Waals surface area (Å²) in [6.07, 6.45) is 4.30. The number of nitrogens with one attached hydrogen (secondary N) is 1. The number of hydrogen-bond acceptors (Lipinski definition) is 5. The fourth-order valence-corrected chi connectivity index (χ4v) is 4.19. The lowest BCUT2D eigenvalue weighted by Gasteiger charge is -2.11. The highest BCUT2D eigenvalue weighted by atomic mass is 79.9. The number of pyridine rings is 1. The smallest absolute Gasteiger partial charge is 0.341 e. The molecule has 2 aromatic heterocycles. The average Bonchev–Trinajstić information content (AvgIpc) is 2.84. The van der Waals surface area contributed by atoms with Crippen LogP contribution >= 0.6 is 27.3 Å². The Bertz CT molecular complexity index is 684. The quantitative estimate of drug-likeness (QED) is 0.649. The van der Waals surface area contributed by atoms with Gasteiger partial charge in [-0.15, -0.1) is 11.3 Å². The molecule has 0 aliphatic heterocycles. The number of methoxy groups -OCH3 is 1. The third-order valence-electron chi connectivity index (χ3n) is 3.52. The minimum absolute atomic E-state index is 0.271. The zero-order chi connectivity index (χ0) is 14.8. The van der Waals surface area contributed by atoms with Crippen LogP contribution < -0.4 is 5.32 Å². The molecule has 0 aromatic carbocycles. The van der Waals surface area contributed by atoms with E-state index in [-0.39, 0.29) is 5.97 Å². The van der Waals surface area contributed by atoms with E-state index in [1.807, 2.05) is 18.2 Å². The van der Waals surface area contributed by atoms with E-state index in [0.29, 0.717) is 11.4 Å². The molecule has 0 radical (unpaired) electrons. The molecule has 1 N–H and O–H groups in total. The van der Waals surface area contributed by atoms with Crippen LogP contribution in [0.1, 0.15) is 33.6 Å². The predicted octanol–water partition coefficient (Wildman–Crippen LogP) is 4.31. The van der Waals surface area contributed by atoms with Crippen molar-refractivity contribution in [2.45, 2.75) is 25.7 Å². The Hall–Kier alpha value is -1.40.